The molecule has 1 unspecified atom stereocenters. The van der Waals surface area contributed by atoms with E-state index in [2.05, 4.69) is 72.6 Å². The molecule has 34 heavy (non-hydrogen) atoms. The number of ether oxygens (including phenoxy) is 2. The maximum Gasteiger partial charge on any atom is 0.143 e. The molecule has 2 aliphatic rings. The first kappa shape index (κ1) is 21.5. The van der Waals surface area contributed by atoms with Crippen LogP contribution in [-0.2, 0) is 11.3 Å². The standard InChI is InChI=1S/C28H27ClN3O2/c1-17-13-19-8-10-22(15-27(19)34-17)30-16-20-5-3-6-24(18(20)2)32-25-11-9-21(29)14-23(25)31-28(32)26-7-4-12-33-26/h3,5-6,8-11,13-15,17,26,30H,4,7,12,16H2,1-2H3/t17-,26?/m1/s1. The van der Waals surface area contributed by atoms with Gasteiger partial charge in [0.1, 0.15) is 23.8 Å². The number of halogens is 1. The quantitative estimate of drug-likeness (QED) is 0.347. The molecule has 1 radical (unpaired) electrons. The van der Waals surface area contributed by atoms with E-state index in [1.54, 1.807) is 0 Å². The summed E-state index contributed by atoms with van der Waals surface area (Å²) in [6.07, 6.45) is 4.30. The van der Waals surface area contributed by atoms with Gasteiger partial charge in [0.25, 0.3) is 0 Å². The predicted octanol–water partition coefficient (Wildman–Crippen LogP) is 6.78. The number of imidazole rings is 1. The summed E-state index contributed by atoms with van der Waals surface area (Å²) in [6.45, 7) is 5.72. The number of benzene rings is 3. The molecule has 173 valence electrons. The first-order valence-corrected chi connectivity index (χ1v) is 12.2. The Morgan fingerprint density at radius 3 is 2.91 bits per heavy atom. The molecule has 4 aromatic rings. The lowest BCUT2D eigenvalue weighted by Gasteiger charge is -2.18. The van der Waals surface area contributed by atoms with Crippen LogP contribution >= 0.6 is 11.6 Å². The van der Waals surface area contributed by atoms with Crippen LogP contribution < -0.4 is 10.1 Å². The fourth-order valence-electron chi connectivity index (χ4n) is 4.99. The smallest absolute Gasteiger partial charge is 0.143 e. The van der Waals surface area contributed by atoms with E-state index >= 15 is 0 Å². The van der Waals surface area contributed by atoms with Crippen molar-refractivity contribution in [3.8, 4) is 11.4 Å². The molecule has 0 saturated carbocycles. The Morgan fingerprint density at radius 1 is 1.15 bits per heavy atom. The number of hydrogen-bond acceptors (Lipinski definition) is 4. The number of anilines is 1. The number of rotatable bonds is 5. The number of fused-ring (bicyclic) bond motifs is 2. The van der Waals surface area contributed by atoms with Gasteiger partial charge in [-0.2, -0.15) is 0 Å². The third-order valence-corrected chi connectivity index (χ3v) is 6.98. The van der Waals surface area contributed by atoms with E-state index < -0.39 is 0 Å². The zero-order valence-electron chi connectivity index (χ0n) is 19.3. The Balaban J connectivity index is 1.35. The highest BCUT2D eigenvalue weighted by molar-refractivity contribution is 6.31. The zero-order valence-corrected chi connectivity index (χ0v) is 20.1. The van der Waals surface area contributed by atoms with Crippen LogP contribution in [0.2, 0.25) is 5.02 Å². The Hall–Kier alpha value is -3.02. The van der Waals surface area contributed by atoms with Crippen LogP contribution in [0.5, 0.6) is 5.75 Å². The van der Waals surface area contributed by atoms with Gasteiger partial charge in [0, 0.05) is 41.9 Å². The summed E-state index contributed by atoms with van der Waals surface area (Å²) in [4.78, 5) is 4.96. The van der Waals surface area contributed by atoms with E-state index in [1.165, 1.54) is 11.1 Å². The van der Waals surface area contributed by atoms with Gasteiger partial charge in [-0.15, -0.1) is 0 Å². The van der Waals surface area contributed by atoms with Crippen LogP contribution in [0.25, 0.3) is 16.7 Å². The maximum absolute atomic E-state index is 6.29. The molecule has 2 aliphatic heterocycles. The van der Waals surface area contributed by atoms with E-state index in [-0.39, 0.29) is 12.2 Å². The SMILES string of the molecule is Cc1c(CNc2ccc3c(c2)O[C@H](C)[CH]3)cccc1-n1c(C2CCCO2)nc2cc(Cl)ccc21. The molecular weight excluding hydrogens is 446 g/mol. The lowest BCUT2D eigenvalue weighted by Crippen LogP contribution is -2.10. The molecule has 1 N–H and O–H groups in total. The Morgan fingerprint density at radius 2 is 2.06 bits per heavy atom. The average molecular weight is 473 g/mol. The van der Waals surface area contributed by atoms with Crippen LogP contribution in [0.4, 0.5) is 5.69 Å². The van der Waals surface area contributed by atoms with Crippen molar-refractivity contribution in [2.45, 2.75) is 45.4 Å². The van der Waals surface area contributed by atoms with Gasteiger partial charge >= 0.3 is 0 Å². The third-order valence-electron chi connectivity index (χ3n) is 6.74. The lowest BCUT2D eigenvalue weighted by atomic mass is 10.1. The molecule has 0 amide bonds. The lowest BCUT2D eigenvalue weighted by molar-refractivity contribution is 0.104. The van der Waals surface area contributed by atoms with Crippen LogP contribution in [0.1, 0.15) is 48.4 Å². The fourth-order valence-corrected chi connectivity index (χ4v) is 5.16. The first-order valence-electron chi connectivity index (χ1n) is 11.8. The van der Waals surface area contributed by atoms with Crippen molar-refractivity contribution >= 4 is 28.3 Å². The monoisotopic (exact) mass is 472 g/mol. The molecule has 6 rings (SSSR count). The van der Waals surface area contributed by atoms with Crippen LogP contribution in [0, 0.1) is 13.3 Å². The van der Waals surface area contributed by atoms with Crippen molar-refractivity contribution in [3.63, 3.8) is 0 Å². The highest BCUT2D eigenvalue weighted by Crippen LogP contribution is 2.36. The summed E-state index contributed by atoms with van der Waals surface area (Å²) in [6, 6.07) is 18.7. The number of aromatic nitrogens is 2. The molecule has 0 spiro atoms. The molecule has 3 heterocycles. The first-order chi connectivity index (χ1) is 16.6. The minimum atomic E-state index is -0.00188. The molecule has 5 nitrogen and oxygen atoms in total. The van der Waals surface area contributed by atoms with E-state index in [0.717, 1.165) is 59.0 Å². The molecule has 1 fully saturated rings. The van der Waals surface area contributed by atoms with Crippen molar-refractivity contribution < 1.29 is 9.47 Å². The van der Waals surface area contributed by atoms with E-state index in [4.69, 9.17) is 26.1 Å². The van der Waals surface area contributed by atoms with Gasteiger partial charge < -0.3 is 14.8 Å². The third kappa shape index (κ3) is 3.83. The zero-order chi connectivity index (χ0) is 23.2. The molecule has 6 heteroatoms. The highest BCUT2D eigenvalue weighted by atomic mass is 35.5. The summed E-state index contributed by atoms with van der Waals surface area (Å²) >= 11 is 6.29. The molecule has 1 saturated heterocycles. The summed E-state index contributed by atoms with van der Waals surface area (Å²) in [5.41, 5.74) is 7.71. The molecule has 1 aromatic heterocycles. The van der Waals surface area contributed by atoms with Gasteiger partial charge in [0.2, 0.25) is 0 Å². The highest BCUT2D eigenvalue weighted by Gasteiger charge is 2.26. The van der Waals surface area contributed by atoms with Crippen LogP contribution in [0.15, 0.2) is 54.6 Å². The summed E-state index contributed by atoms with van der Waals surface area (Å²) in [5, 5.41) is 4.26. The number of nitrogens with one attached hydrogen (secondary N) is 1. The van der Waals surface area contributed by atoms with Gasteiger partial charge in [-0.1, -0.05) is 29.8 Å². The van der Waals surface area contributed by atoms with Gasteiger partial charge in [0.15, 0.2) is 0 Å². The van der Waals surface area contributed by atoms with E-state index in [1.807, 2.05) is 12.1 Å². The minimum absolute atomic E-state index is 0.00188. The Kier molecular flexibility index (Phi) is 5.47. The van der Waals surface area contributed by atoms with E-state index in [9.17, 15) is 0 Å². The van der Waals surface area contributed by atoms with Crippen molar-refractivity contribution in [2.75, 3.05) is 11.9 Å². The Labute approximate surface area is 204 Å². The van der Waals surface area contributed by atoms with Crippen molar-refractivity contribution in [2.24, 2.45) is 0 Å². The number of nitrogens with zero attached hydrogens (tertiary/aromatic N) is 2. The maximum atomic E-state index is 6.29. The molecule has 2 atom stereocenters. The number of hydrogen-bond donors (Lipinski definition) is 1. The van der Waals surface area contributed by atoms with Gasteiger partial charge in [-0.3, -0.25) is 4.57 Å². The van der Waals surface area contributed by atoms with Crippen molar-refractivity contribution in [1.82, 2.24) is 9.55 Å². The molecule has 3 aromatic carbocycles. The van der Waals surface area contributed by atoms with E-state index in [0.29, 0.717) is 11.6 Å². The molecule has 0 bridgehead atoms. The summed E-state index contributed by atoms with van der Waals surface area (Å²) in [5.74, 6) is 1.89. The van der Waals surface area contributed by atoms with Crippen LogP contribution in [-0.4, -0.2) is 22.3 Å². The van der Waals surface area contributed by atoms with Gasteiger partial charge in [0.05, 0.1) is 16.7 Å². The minimum Gasteiger partial charge on any atom is -0.490 e. The topological polar surface area (TPSA) is 48.3 Å². The summed E-state index contributed by atoms with van der Waals surface area (Å²) in [7, 11) is 0. The second-order valence-corrected chi connectivity index (χ2v) is 9.53. The van der Waals surface area contributed by atoms with Crippen molar-refractivity contribution in [1.29, 1.82) is 0 Å². The summed E-state index contributed by atoms with van der Waals surface area (Å²) < 4.78 is 14.2. The van der Waals surface area contributed by atoms with Crippen LogP contribution in [0.3, 0.4) is 0 Å². The van der Waals surface area contributed by atoms with Gasteiger partial charge in [-0.05, 0) is 68.1 Å². The molecule has 0 aliphatic carbocycles. The largest absolute Gasteiger partial charge is 0.490 e. The van der Waals surface area contributed by atoms with Crippen molar-refractivity contribution in [3.05, 3.63) is 88.6 Å². The van der Waals surface area contributed by atoms with Gasteiger partial charge in [-0.25, -0.2) is 4.98 Å². The molecular formula is C28H27ClN3O2. The average Bonchev–Trinajstić information content (AvgIpc) is 3.55. The second kappa shape index (κ2) is 8.64. The predicted molar refractivity (Wildman–Crippen MR) is 136 cm³/mol. The second-order valence-electron chi connectivity index (χ2n) is 9.10. The fraction of sp³-hybridized carbons (Fsp3) is 0.286. The Bertz CT molecular complexity index is 1370. The normalized spacial score (nSPS) is 19.4.